The molecule has 83 valence electrons. The summed E-state index contributed by atoms with van der Waals surface area (Å²) in [7, 11) is 0. The van der Waals surface area contributed by atoms with Gasteiger partial charge >= 0.3 is 5.97 Å². The van der Waals surface area contributed by atoms with Crippen LogP contribution < -0.4 is 0 Å². The van der Waals surface area contributed by atoms with Crippen LogP contribution >= 0.6 is 0 Å². The zero-order valence-electron chi connectivity index (χ0n) is 8.57. The smallest absolute Gasteiger partial charge is 0.309 e. The van der Waals surface area contributed by atoms with Crippen LogP contribution in [0.4, 0.5) is 0 Å². The fourth-order valence-electron chi connectivity index (χ4n) is 4.53. The first-order valence-electron chi connectivity index (χ1n) is 5.62. The van der Waals surface area contributed by atoms with Crippen molar-refractivity contribution in [2.45, 2.75) is 44.1 Å². The molecular formula is C11H15O4. The van der Waals surface area contributed by atoms with E-state index in [2.05, 4.69) is 4.89 Å². The predicted octanol–water partition coefficient (Wildman–Crippen LogP) is 1.77. The van der Waals surface area contributed by atoms with Crippen LogP contribution in [-0.4, -0.2) is 16.7 Å². The molecule has 4 fully saturated rings. The molecule has 0 aromatic carbocycles. The molecule has 0 aromatic heterocycles. The van der Waals surface area contributed by atoms with E-state index in [0.717, 1.165) is 32.1 Å². The van der Waals surface area contributed by atoms with Crippen LogP contribution in [0, 0.1) is 17.3 Å². The van der Waals surface area contributed by atoms with Crippen LogP contribution in [0.25, 0.3) is 0 Å². The lowest BCUT2D eigenvalue weighted by molar-refractivity contribution is -0.403. The van der Waals surface area contributed by atoms with Crippen LogP contribution in [0.15, 0.2) is 0 Å². The van der Waals surface area contributed by atoms with Gasteiger partial charge in [-0.15, -0.1) is 0 Å². The summed E-state index contributed by atoms with van der Waals surface area (Å²) in [6.07, 6.45) is 4.60. The minimum Gasteiger partial charge on any atom is -0.481 e. The summed E-state index contributed by atoms with van der Waals surface area (Å²) in [6, 6.07) is 0. The first-order chi connectivity index (χ1) is 7.07. The lowest BCUT2D eigenvalue weighted by Crippen LogP contribution is -2.58. The van der Waals surface area contributed by atoms with E-state index in [1.54, 1.807) is 0 Å². The third-order valence-corrected chi connectivity index (χ3v) is 4.64. The Hall–Kier alpha value is -0.610. The molecule has 4 aliphatic rings. The lowest BCUT2D eigenvalue weighted by Gasteiger charge is -2.58. The van der Waals surface area contributed by atoms with Crippen molar-refractivity contribution < 1.29 is 20.0 Å². The van der Waals surface area contributed by atoms with Gasteiger partial charge in [0.25, 0.3) is 0 Å². The van der Waals surface area contributed by atoms with Crippen molar-refractivity contribution in [3.05, 3.63) is 0 Å². The van der Waals surface area contributed by atoms with Crippen molar-refractivity contribution in [1.29, 1.82) is 0 Å². The Morgan fingerprint density at radius 2 is 1.87 bits per heavy atom. The quantitative estimate of drug-likeness (QED) is 0.433. The molecule has 4 bridgehead atoms. The van der Waals surface area contributed by atoms with Crippen LogP contribution in [0.1, 0.15) is 38.5 Å². The highest BCUT2D eigenvalue weighted by Crippen LogP contribution is 2.62. The third kappa shape index (κ3) is 1.18. The van der Waals surface area contributed by atoms with E-state index in [4.69, 9.17) is 0 Å². The van der Waals surface area contributed by atoms with Crippen molar-refractivity contribution in [3.8, 4) is 0 Å². The molecule has 0 spiro atoms. The number of aliphatic carboxylic acids is 1. The second-order valence-corrected chi connectivity index (χ2v) is 5.81. The molecule has 4 aliphatic carbocycles. The number of carbonyl (C=O) groups is 1. The molecule has 1 radical (unpaired) electrons. The van der Waals surface area contributed by atoms with Gasteiger partial charge in [-0.2, -0.15) is 4.89 Å². The molecule has 15 heavy (non-hydrogen) atoms. The van der Waals surface area contributed by atoms with Gasteiger partial charge in [-0.1, -0.05) is 0 Å². The minimum atomic E-state index is -0.724. The maximum absolute atomic E-state index is 11.4. The fraction of sp³-hybridized carbons (Fsp3) is 0.909. The third-order valence-electron chi connectivity index (χ3n) is 4.64. The van der Waals surface area contributed by atoms with Gasteiger partial charge in [0.05, 0.1) is 5.41 Å². The van der Waals surface area contributed by atoms with E-state index in [-0.39, 0.29) is 0 Å². The highest BCUT2D eigenvalue weighted by atomic mass is 19.1. The Labute approximate surface area is 88.2 Å². The van der Waals surface area contributed by atoms with Gasteiger partial charge in [0, 0.05) is 0 Å². The van der Waals surface area contributed by atoms with Gasteiger partial charge < -0.3 is 5.11 Å². The largest absolute Gasteiger partial charge is 0.481 e. The van der Waals surface area contributed by atoms with Gasteiger partial charge in [-0.25, -0.2) is 0 Å². The number of carboxylic acid groups (broad SMARTS) is 1. The minimum absolute atomic E-state index is 0.399. The van der Waals surface area contributed by atoms with Crippen molar-refractivity contribution >= 4 is 5.97 Å². The Bertz CT molecular complexity index is 298. The highest BCUT2D eigenvalue weighted by Gasteiger charge is 2.62. The summed E-state index contributed by atoms with van der Waals surface area (Å²) in [5.41, 5.74) is -1.29. The van der Waals surface area contributed by atoms with Gasteiger partial charge in [-0.05, 0) is 55.6 Å². The summed E-state index contributed by atoms with van der Waals surface area (Å²) in [5, 5.41) is 20.2. The summed E-state index contributed by atoms with van der Waals surface area (Å²) in [4.78, 5) is 15.8. The molecule has 0 amide bonds. The molecule has 4 saturated carbocycles. The summed E-state index contributed by atoms with van der Waals surface area (Å²) in [5.74, 6) is 0.0747. The summed E-state index contributed by atoms with van der Waals surface area (Å²) >= 11 is 0. The van der Waals surface area contributed by atoms with E-state index in [1.807, 2.05) is 0 Å². The molecule has 4 heteroatoms. The number of hydrogen-bond acceptors (Lipinski definition) is 2. The van der Waals surface area contributed by atoms with E-state index in [0.29, 0.717) is 18.3 Å². The number of hydrogen-bond donors (Lipinski definition) is 1. The number of rotatable bonds is 2. The van der Waals surface area contributed by atoms with Crippen molar-refractivity contribution in [1.82, 2.24) is 0 Å². The van der Waals surface area contributed by atoms with Crippen LogP contribution in [0.2, 0.25) is 0 Å². The second-order valence-electron chi connectivity index (χ2n) is 5.81. The molecular weight excluding hydrogens is 200 g/mol. The van der Waals surface area contributed by atoms with Gasteiger partial charge in [0.1, 0.15) is 5.60 Å². The molecule has 0 aromatic rings. The topological polar surface area (TPSA) is 66.4 Å². The van der Waals surface area contributed by atoms with Gasteiger partial charge in [0.2, 0.25) is 0 Å². The first-order valence-corrected chi connectivity index (χ1v) is 5.62. The summed E-state index contributed by atoms with van der Waals surface area (Å²) < 4.78 is 0. The molecule has 4 rings (SSSR count). The Morgan fingerprint density at radius 1 is 1.27 bits per heavy atom. The number of carboxylic acids is 1. The zero-order valence-corrected chi connectivity index (χ0v) is 8.57. The van der Waals surface area contributed by atoms with E-state index in [9.17, 15) is 15.2 Å². The second kappa shape index (κ2) is 2.74. The molecule has 2 unspecified atom stereocenters. The van der Waals surface area contributed by atoms with E-state index >= 15 is 0 Å². The molecule has 4 atom stereocenters. The van der Waals surface area contributed by atoms with E-state index < -0.39 is 17.0 Å². The molecule has 1 N–H and O–H groups in total. The maximum Gasteiger partial charge on any atom is 0.309 e. The SMILES string of the molecule is O=C(O)C12C[C@@H]3C[C@@H](CC([18O][18O])(C3)C1)C2. The lowest BCUT2D eigenvalue weighted by atomic mass is 9.48. The molecule has 4 nitrogen and oxygen atoms in total. The van der Waals surface area contributed by atoms with Crippen molar-refractivity contribution in [3.63, 3.8) is 0 Å². The van der Waals surface area contributed by atoms with Crippen LogP contribution in [0.3, 0.4) is 0 Å². The first kappa shape index (κ1) is 9.60. The summed E-state index contributed by atoms with van der Waals surface area (Å²) in [6.45, 7) is 0. The van der Waals surface area contributed by atoms with Crippen molar-refractivity contribution in [2.24, 2.45) is 17.3 Å². The molecule has 0 aliphatic heterocycles. The Balaban J connectivity index is 1.99. The predicted molar refractivity (Wildman–Crippen MR) is 49.3 cm³/mol. The van der Waals surface area contributed by atoms with E-state index in [1.165, 1.54) is 0 Å². The van der Waals surface area contributed by atoms with Gasteiger partial charge in [0.15, 0.2) is 0 Å². The standard InChI is InChI=1S/C11H15O4/c12-9(13)10-2-7-1-8(3-10)5-11(4-7,6-10)15-14/h7-8H,1-6H2,(H,12,13)/t7-,8+,10?,11?/i14+2,15+2. The maximum atomic E-state index is 11.4. The monoisotopic (exact) mass is 215 g/mol. The normalized spacial score (nSPS) is 52.1. The highest BCUT2D eigenvalue weighted by molar-refractivity contribution is 5.75. The molecule has 0 saturated heterocycles. The van der Waals surface area contributed by atoms with Crippen LogP contribution in [0.5, 0.6) is 0 Å². The Kier molecular flexibility index (Phi) is 1.75. The average Bonchev–Trinajstić information content (AvgIpc) is 2.15. The Morgan fingerprint density at radius 3 is 2.33 bits per heavy atom. The van der Waals surface area contributed by atoms with Crippen molar-refractivity contribution in [2.75, 3.05) is 0 Å². The molecule has 0 heterocycles. The fourth-order valence-corrected chi connectivity index (χ4v) is 4.53. The van der Waals surface area contributed by atoms with Crippen LogP contribution in [-0.2, 0) is 14.9 Å². The zero-order chi connectivity index (χ0) is 10.7. The van der Waals surface area contributed by atoms with Gasteiger partial charge in [-0.3, -0.25) is 4.79 Å². The average molecular weight is 215 g/mol.